The fourth-order valence-corrected chi connectivity index (χ4v) is 14.7. The molecule has 392 valence electrons. The van der Waals surface area contributed by atoms with Gasteiger partial charge in [-0.2, -0.15) is 0 Å². The van der Waals surface area contributed by atoms with Crippen molar-refractivity contribution in [3.63, 3.8) is 0 Å². The summed E-state index contributed by atoms with van der Waals surface area (Å²) >= 11 is 0. The number of hydrogen-bond donors (Lipinski definition) is 2. The van der Waals surface area contributed by atoms with Gasteiger partial charge in [0.2, 0.25) is 0 Å². The molecule has 0 radical (unpaired) electrons. The molecule has 7 aromatic carbocycles. The Morgan fingerprint density at radius 2 is 0.747 bits per heavy atom. The number of hydrogen-bond acceptors (Lipinski definition) is 11. The Hall–Kier alpha value is -5.68. The van der Waals surface area contributed by atoms with Gasteiger partial charge in [-0.15, -0.1) is 0 Å². The van der Waals surface area contributed by atoms with E-state index >= 15 is 0 Å². The molecule has 0 aromatic heterocycles. The van der Waals surface area contributed by atoms with E-state index in [4.69, 9.17) is 42.3 Å². The lowest BCUT2D eigenvalue weighted by Gasteiger charge is -2.49. The zero-order valence-corrected chi connectivity index (χ0v) is 44.0. The summed E-state index contributed by atoms with van der Waals surface area (Å²) in [5.41, 5.74) is 4.66. The van der Waals surface area contributed by atoms with Crippen molar-refractivity contribution in [2.75, 3.05) is 13.2 Å². The lowest BCUT2D eigenvalue weighted by molar-refractivity contribution is -0.374. The zero-order valence-electron chi connectivity index (χ0n) is 43.0. The van der Waals surface area contributed by atoms with Crippen LogP contribution in [0.3, 0.4) is 0 Å². The summed E-state index contributed by atoms with van der Waals surface area (Å²) in [5.74, 6) is 0. The predicted molar refractivity (Wildman–Crippen MR) is 290 cm³/mol. The fraction of sp³-hybridized carbons (Fsp3) is 0.333. The van der Waals surface area contributed by atoms with Crippen molar-refractivity contribution in [2.45, 2.75) is 120 Å². The number of aliphatic hydroxyl groups excluding tert-OH is 2. The standard InChI is InChI=1S/C63H70O11Si/c1-63(2,3)75(51-35-21-9-22-36-51,52-37-23-10-24-38-52)71-45-54-56(67-40-47-27-13-5-14-28-47)58(69-42-49-31-17-7-18-32-49)55(64)62(73-54)74-60-59(70-43-50-33-19-8-20-34-50)57(68-41-48-29-15-6-16-30-48)53(72-61(60)65)44-66-39-46-25-11-4-12-26-46/h4-38,53-62,64-65H,39-45H2,1-3H3/t53-,54-,55+,56-,57-,58-,59+,60+,61+,62-/m1/s1. The molecule has 0 bridgehead atoms. The third-order valence-corrected chi connectivity index (χ3v) is 18.9. The Balaban J connectivity index is 1.08. The highest BCUT2D eigenvalue weighted by atomic mass is 28.4. The van der Waals surface area contributed by atoms with E-state index in [1.807, 2.05) is 164 Å². The SMILES string of the molecule is CC(C)(C)[Si](OC[C@H]1O[C@H](O[C@H]2[C@@H](OCc3ccccc3)[C@H](OCc3ccccc3)[C@@H](COCc3ccccc3)O[C@@H]2O)[C@@H](O)[C@@H](OCc2ccccc2)[C@@H]1OCc1ccccc1)(c1ccccc1)c1ccccc1. The smallest absolute Gasteiger partial charge is 0.261 e. The normalized spacial score (nSPS) is 24.2. The van der Waals surface area contributed by atoms with Crippen LogP contribution in [0.1, 0.15) is 48.6 Å². The van der Waals surface area contributed by atoms with Gasteiger partial charge in [0.25, 0.3) is 8.32 Å². The van der Waals surface area contributed by atoms with Gasteiger partial charge in [0.1, 0.15) is 48.8 Å². The molecule has 2 N–H and O–H groups in total. The first-order chi connectivity index (χ1) is 36.7. The van der Waals surface area contributed by atoms with E-state index in [0.29, 0.717) is 6.61 Å². The van der Waals surface area contributed by atoms with E-state index in [9.17, 15) is 10.2 Å². The molecule has 0 spiro atoms. The van der Waals surface area contributed by atoms with Gasteiger partial charge < -0.3 is 52.5 Å². The van der Waals surface area contributed by atoms with E-state index in [-0.39, 0.29) is 44.7 Å². The van der Waals surface area contributed by atoms with Crippen LogP contribution in [0.15, 0.2) is 212 Å². The molecule has 10 atom stereocenters. The Labute approximate surface area is 443 Å². The molecular formula is C63H70O11Si. The van der Waals surface area contributed by atoms with Crippen LogP contribution in [0.25, 0.3) is 0 Å². The van der Waals surface area contributed by atoms with E-state index in [1.54, 1.807) is 0 Å². The highest BCUT2D eigenvalue weighted by Gasteiger charge is 2.55. The lowest BCUT2D eigenvalue weighted by Crippen LogP contribution is -2.69. The highest BCUT2D eigenvalue weighted by Crippen LogP contribution is 2.39. The molecule has 2 heterocycles. The van der Waals surface area contributed by atoms with Crippen molar-refractivity contribution in [1.82, 2.24) is 0 Å². The maximum Gasteiger partial charge on any atom is 0.261 e. The summed E-state index contributed by atoms with van der Waals surface area (Å²) in [5, 5.41) is 26.9. The van der Waals surface area contributed by atoms with Crippen molar-refractivity contribution in [2.24, 2.45) is 0 Å². The molecule has 0 unspecified atom stereocenters. The second-order valence-corrected chi connectivity index (χ2v) is 24.5. The van der Waals surface area contributed by atoms with Crippen molar-refractivity contribution < 1.29 is 52.5 Å². The van der Waals surface area contributed by atoms with Gasteiger partial charge in [0, 0.05) is 0 Å². The number of ether oxygens (including phenoxy) is 8. The molecule has 0 aliphatic carbocycles. The maximum absolute atomic E-state index is 12.8. The van der Waals surface area contributed by atoms with Crippen molar-refractivity contribution in [3.8, 4) is 0 Å². The van der Waals surface area contributed by atoms with Gasteiger partial charge >= 0.3 is 0 Å². The van der Waals surface area contributed by atoms with E-state index in [0.717, 1.165) is 38.2 Å². The fourth-order valence-electron chi connectivity index (χ4n) is 10.2. The Morgan fingerprint density at radius 1 is 0.400 bits per heavy atom. The summed E-state index contributed by atoms with van der Waals surface area (Å²) in [6, 6.07) is 70.0. The van der Waals surface area contributed by atoms with Crippen LogP contribution in [0, 0.1) is 0 Å². The number of benzene rings is 7. The Morgan fingerprint density at radius 3 is 1.16 bits per heavy atom. The summed E-state index contributed by atoms with van der Waals surface area (Å²) < 4.78 is 61.8. The summed E-state index contributed by atoms with van der Waals surface area (Å²) in [4.78, 5) is 0. The molecule has 2 fully saturated rings. The van der Waals surface area contributed by atoms with Crippen molar-refractivity contribution in [3.05, 3.63) is 240 Å². The van der Waals surface area contributed by atoms with Gasteiger partial charge in [-0.25, -0.2) is 0 Å². The van der Waals surface area contributed by atoms with Gasteiger partial charge in [-0.05, 0) is 43.2 Å². The number of aliphatic hydroxyl groups is 2. The highest BCUT2D eigenvalue weighted by molar-refractivity contribution is 6.99. The quantitative estimate of drug-likeness (QED) is 0.0597. The minimum atomic E-state index is -3.16. The molecule has 7 aromatic rings. The first-order valence-corrected chi connectivity index (χ1v) is 27.9. The van der Waals surface area contributed by atoms with E-state index in [2.05, 4.69) is 69.3 Å². The molecule has 2 saturated heterocycles. The average molecular weight is 1030 g/mol. The Kier molecular flexibility index (Phi) is 19.0. The molecule has 11 nitrogen and oxygen atoms in total. The number of rotatable bonds is 23. The molecule has 75 heavy (non-hydrogen) atoms. The van der Waals surface area contributed by atoms with Crippen LogP contribution in [0.5, 0.6) is 0 Å². The second kappa shape index (κ2) is 26.4. The zero-order chi connectivity index (χ0) is 51.9. The topological polar surface area (TPSA) is 124 Å². The largest absolute Gasteiger partial charge is 0.405 e. The second-order valence-electron chi connectivity index (χ2n) is 20.2. The molecule has 0 saturated carbocycles. The average Bonchev–Trinajstić information content (AvgIpc) is 3.44. The van der Waals surface area contributed by atoms with Crippen LogP contribution in [0.2, 0.25) is 5.04 Å². The first kappa shape index (κ1) is 54.1. The third-order valence-electron chi connectivity index (χ3n) is 13.9. The van der Waals surface area contributed by atoms with Gasteiger partial charge in [0.05, 0.1) is 46.2 Å². The minimum Gasteiger partial charge on any atom is -0.405 e. The van der Waals surface area contributed by atoms with Crippen LogP contribution < -0.4 is 10.4 Å². The molecule has 12 heteroatoms. The van der Waals surface area contributed by atoms with Crippen LogP contribution in [-0.2, 0) is 75.4 Å². The van der Waals surface area contributed by atoms with Crippen LogP contribution in [-0.4, -0.2) is 93.2 Å². The monoisotopic (exact) mass is 1030 g/mol. The predicted octanol–water partition coefficient (Wildman–Crippen LogP) is 9.31. The molecule has 9 rings (SSSR count). The van der Waals surface area contributed by atoms with Gasteiger partial charge in [0.15, 0.2) is 12.6 Å². The van der Waals surface area contributed by atoms with Crippen LogP contribution in [0.4, 0.5) is 0 Å². The molecule has 2 aliphatic heterocycles. The third kappa shape index (κ3) is 13.8. The summed E-state index contributed by atoms with van der Waals surface area (Å²) in [7, 11) is -3.16. The van der Waals surface area contributed by atoms with Crippen LogP contribution >= 0.6 is 0 Å². The minimum absolute atomic E-state index is 0.0335. The summed E-state index contributed by atoms with van der Waals surface area (Å²) in [6.45, 7) is 7.81. The van der Waals surface area contributed by atoms with E-state index in [1.165, 1.54) is 0 Å². The summed E-state index contributed by atoms with van der Waals surface area (Å²) in [6.07, 6.45) is -11.1. The van der Waals surface area contributed by atoms with Gasteiger partial charge in [-0.1, -0.05) is 233 Å². The Bertz CT molecular complexity index is 2660. The van der Waals surface area contributed by atoms with Gasteiger partial charge in [-0.3, -0.25) is 0 Å². The maximum atomic E-state index is 12.8. The van der Waals surface area contributed by atoms with E-state index < -0.39 is 69.7 Å². The lowest BCUT2D eigenvalue weighted by atomic mass is 9.96. The molecule has 2 aliphatic rings. The molecule has 0 amide bonds. The van der Waals surface area contributed by atoms with Crippen molar-refractivity contribution in [1.29, 1.82) is 0 Å². The first-order valence-electron chi connectivity index (χ1n) is 26.0. The molecular weight excluding hydrogens is 961 g/mol. The van der Waals surface area contributed by atoms with Crippen molar-refractivity contribution >= 4 is 18.7 Å².